The lowest BCUT2D eigenvalue weighted by atomic mass is 10.0. The molecule has 0 fully saturated rings. The second-order valence-electron chi connectivity index (χ2n) is 5.77. The van der Waals surface area contributed by atoms with Crippen LogP contribution in [0.1, 0.15) is 19.4 Å². The van der Waals surface area contributed by atoms with Gasteiger partial charge in [-0.2, -0.15) is 0 Å². The Hall–Kier alpha value is -2.81. The molecule has 3 nitrogen and oxygen atoms in total. The lowest BCUT2D eigenvalue weighted by Gasteiger charge is -2.08. The average molecular weight is 306 g/mol. The molecule has 3 aromatic rings. The molecule has 0 aliphatic carbocycles. The molecule has 3 heteroatoms. The molecule has 0 amide bonds. The predicted octanol–water partition coefficient (Wildman–Crippen LogP) is 4.67. The Kier molecular flexibility index (Phi) is 4.02. The smallest absolute Gasteiger partial charge is 0.193 e. The number of phenolic OH excluding ortho intramolecular Hbond substituents is 1. The first kappa shape index (κ1) is 15.1. The molecule has 0 saturated carbocycles. The van der Waals surface area contributed by atoms with Crippen molar-refractivity contribution in [2.75, 3.05) is 0 Å². The monoisotopic (exact) mass is 306 g/mol. The van der Waals surface area contributed by atoms with Crippen LogP contribution in [-0.2, 0) is 6.42 Å². The predicted molar refractivity (Wildman–Crippen MR) is 92.7 cm³/mol. The first-order valence-electron chi connectivity index (χ1n) is 7.54. The molecule has 23 heavy (non-hydrogen) atoms. The van der Waals surface area contributed by atoms with E-state index in [1.54, 1.807) is 12.1 Å². The van der Waals surface area contributed by atoms with E-state index in [2.05, 4.69) is 0 Å². The summed E-state index contributed by atoms with van der Waals surface area (Å²) in [6.07, 6.45) is 2.52. The van der Waals surface area contributed by atoms with Gasteiger partial charge in [-0.3, -0.25) is 4.79 Å². The Labute approximate surface area is 134 Å². The van der Waals surface area contributed by atoms with Gasteiger partial charge in [0.2, 0.25) is 0 Å². The van der Waals surface area contributed by atoms with E-state index in [9.17, 15) is 9.90 Å². The molecule has 0 atom stereocenters. The molecule has 0 unspecified atom stereocenters. The highest BCUT2D eigenvalue weighted by Crippen LogP contribution is 2.30. The fourth-order valence-electron chi connectivity index (χ4n) is 2.51. The minimum atomic E-state index is -0.108. The summed E-state index contributed by atoms with van der Waals surface area (Å²) < 4.78 is 5.98. The van der Waals surface area contributed by atoms with Gasteiger partial charge in [0, 0.05) is 17.2 Å². The van der Waals surface area contributed by atoms with Crippen LogP contribution in [0.15, 0.2) is 69.4 Å². The van der Waals surface area contributed by atoms with E-state index in [-0.39, 0.29) is 11.2 Å². The van der Waals surface area contributed by atoms with Gasteiger partial charge in [0.1, 0.15) is 17.1 Å². The van der Waals surface area contributed by atoms with Crippen molar-refractivity contribution in [1.82, 2.24) is 0 Å². The van der Waals surface area contributed by atoms with Crippen molar-refractivity contribution < 1.29 is 9.52 Å². The third-order valence-corrected chi connectivity index (χ3v) is 3.75. The van der Waals surface area contributed by atoms with E-state index in [0.717, 1.165) is 11.1 Å². The van der Waals surface area contributed by atoms with Crippen molar-refractivity contribution in [2.45, 2.75) is 20.3 Å². The van der Waals surface area contributed by atoms with Gasteiger partial charge in [0.05, 0.1) is 5.39 Å². The number of allylic oxidation sites excluding steroid dienone is 2. The number of hydrogen-bond donors (Lipinski definition) is 1. The lowest BCUT2D eigenvalue weighted by Crippen LogP contribution is -2.02. The number of aromatic hydroxyl groups is 1. The first-order valence-corrected chi connectivity index (χ1v) is 7.54. The minimum Gasteiger partial charge on any atom is -0.508 e. The van der Waals surface area contributed by atoms with Crippen LogP contribution >= 0.6 is 0 Å². The zero-order valence-corrected chi connectivity index (χ0v) is 13.2. The Bertz CT molecular complexity index is 930. The summed E-state index contributed by atoms with van der Waals surface area (Å²) in [6.45, 7) is 3.99. The van der Waals surface area contributed by atoms with E-state index in [1.807, 2.05) is 50.3 Å². The van der Waals surface area contributed by atoms with Gasteiger partial charge in [-0.25, -0.2) is 0 Å². The fraction of sp³-hybridized carbons (Fsp3) is 0.150. The molecule has 0 saturated heterocycles. The van der Waals surface area contributed by atoms with Crippen molar-refractivity contribution in [3.05, 3.63) is 76.0 Å². The Balaban J connectivity index is 2.27. The highest BCUT2D eigenvalue weighted by molar-refractivity contribution is 5.83. The second kappa shape index (κ2) is 6.13. The summed E-state index contributed by atoms with van der Waals surface area (Å²) in [5, 5.41) is 10.7. The van der Waals surface area contributed by atoms with E-state index in [1.165, 1.54) is 6.07 Å². The Morgan fingerprint density at radius 3 is 2.57 bits per heavy atom. The van der Waals surface area contributed by atoms with Gasteiger partial charge in [-0.1, -0.05) is 42.0 Å². The Morgan fingerprint density at radius 2 is 1.87 bits per heavy atom. The molecule has 1 aromatic heterocycles. The van der Waals surface area contributed by atoms with Gasteiger partial charge in [-0.15, -0.1) is 0 Å². The van der Waals surface area contributed by atoms with Crippen LogP contribution in [-0.4, -0.2) is 5.11 Å². The van der Waals surface area contributed by atoms with Crippen molar-refractivity contribution in [1.29, 1.82) is 0 Å². The summed E-state index contributed by atoms with van der Waals surface area (Å²) in [7, 11) is 0. The van der Waals surface area contributed by atoms with Crippen LogP contribution in [0.2, 0.25) is 0 Å². The molecule has 2 aromatic carbocycles. The summed E-state index contributed by atoms with van der Waals surface area (Å²) in [6, 6.07) is 14.1. The number of hydrogen-bond acceptors (Lipinski definition) is 3. The minimum absolute atomic E-state index is 0.108. The number of phenols is 1. The van der Waals surface area contributed by atoms with Gasteiger partial charge >= 0.3 is 0 Å². The van der Waals surface area contributed by atoms with Crippen molar-refractivity contribution >= 4 is 11.0 Å². The quantitative estimate of drug-likeness (QED) is 0.715. The maximum Gasteiger partial charge on any atom is 0.193 e. The average Bonchev–Trinajstić information content (AvgIpc) is 2.54. The molecule has 0 aliphatic rings. The molecule has 1 N–H and O–H groups in total. The first-order chi connectivity index (χ1) is 11.1. The molecule has 3 rings (SSSR count). The number of benzene rings is 2. The van der Waals surface area contributed by atoms with Gasteiger partial charge in [-0.05, 0) is 32.4 Å². The summed E-state index contributed by atoms with van der Waals surface area (Å²) in [5.41, 5.74) is 2.96. The van der Waals surface area contributed by atoms with Gasteiger partial charge in [0.25, 0.3) is 0 Å². The van der Waals surface area contributed by atoms with Crippen molar-refractivity contribution in [3.63, 3.8) is 0 Å². The summed E-state index contributed by atoms with van der Waals surface area (Å²) >= 11 is 0. The Morgan fingerprint density at radius 1 is 1.13 bits per heavy atom. The highest BCUT2D eigenvalue weighted by atomic mass is 16.3. The van der Waals surface area contributed by atoms with Crippen LogP contribution in [0.4, 0.5) is 0 Å². The van der Waals surface area contributed by atoms with Gasteiger partial charge < -0.3 is 9.52 Å². The van der Waals surface area contributed by atoms with Crippen LogP contribution in [0.25, 0.3) is 22.3 Å². The fourth-order valence-corrected chi connectivity index (χ4v) is 2.51. The zero-order valence-electron chi connectivity index (χ0n) is 13.2. The van der Waals surface area contributed by atoms with Crippen LogP contribution < -0.4 is 5.43 Å². The topological polar surface area (TPSA) is 50.4 Å². The molecule has 0 aliphatic heterocycles. The maximum atomic E-state index is 12.4. The lowest BCUT2D eigenvalue weighted by molar-refractivity contribution is 0.468. The normalized spacial score (nSPS) is 10.7. The largest absolute Gasteiger partial charge is 0.508 e. The molecule has 0 radical (unpaired) electrons. The third kappa shape index (κ3) is 3.04. The zero-order chi connectivity index (χ0) is 16.4. The number of fused-ring (bicyclic) bond motifs is 1. The molecule has 116 valence electrons. The summed E-state index contributed by atoms with van der Waals surface area (Å²) in [5.74, 6) is 0.649. The molecular formula is C20H18O3. The van der Waals surface area contributed by atoms with Crippen LogP contribution in [0.3, 0.4) is 0 Å². The van der Waals surface area contributed by atoms with E-state index >= 15 is 0 Å². The van der Waals surface area contributed by atoms with Crippen molar-refractivity contribution in [2.24, 2.45) is 0 Å². The van der Waals surface area contributed by atoms with Crippen LogP contribution in [0, 0.1) is 0 Å². The standard InChI is InChI=1S/C20H18O3/c1-13(2)8-9-15-17(21)11-10-16-18(22)12-19(23-20(15)16)14-6-4-3-5-7-14/h3-8,10-12,21H,9H2,1-2H3. The van der Waals surface area contributed by atoms with Crippen molar-refractivity contribution in [3.8, 4) is 17.1 Å². The van der Waals surface area contributed by atoms with E-state index in [0.29, 0.717) is 28.7 Å². The highest BCUT2D eigenvalue weighted by Gasteiger charge is 2.13. The summed E-state index contributed by atoms with van der Waals surface area (Å²) in [4.78, 5) is 12.4. The number of rotatable bonds is 3. The maximum absolute atomic E-state index is 12.4. The SMILES string of the molecule is CC(C)=CCc1c(O)ccc2c(=O)cc(-c3ccccc3)oc12. The van der Waals surface area contributed by atoms with E-state index in [4.69, 9.17) is 4.42 Å². The molecular weight excluding hydrogens is 288 g/mol. The molecule has 0 bridgehead atoms. The molecule has 0 spiro atoms. The molecule has 1 heterocycles. The second-order valence-corrected chi connectivity index (χ2v) is 5.77. The van der Waals surface area contributed by atoms with Crippen LogP contribution in [0.5, 0.6) is 5.75 Å². The van der Waals surface area contributed by atoms with E-state index < -0.39 is 0 Å². The van der Waals surface area contributed by atoms with Gasteiger partial charge in [0.15, 0.2) is 5.43 Å². The third-order valence-electron chi connectivity index (χ3n) is 3.75.